The number of benzene rings is 1. The van der Waals surface area contributed by atoms with E-state index in [0.29, 0.717) is 5.56 Å². The van der Waals surface area contributed by atoms with Gasteiger partial charge in [0.1, 0.15) is 11.3 Å². The van der Waals surface area contributed by atoms with Crippen molar-refractivity contribution in [2.75, 3.05) is 0 Å². The summed E-state index contributed by atoms with van der Waals surface area (Å²) in [6.07, 6.45) is 0.848. The van der Waals surface area contributed by atoms with Crippen LogP contribution in [0, 0.1) is 0 Å². The fourth-order valence-electron chi connectivity index (χ4n) is 1.66. The Labute approximate surface area is 101 Å². The van der Waals surface area contributed by atoms with Gasteiger partial charge in [0.15, 0.2) is 0 Å². The molecule has 0 bridgehead atoms. The van der Waals surface area contributed by atoms with Gasteiger partial charge in [0, 0.05) is 6.04 Å². The lowest BCUT2D eigenvalue weighted by atomic mass is 9.91. The fourth-order valence-corrected chi connectivity index (χ4v) is 1.66. The van der Waals surface area contributed by atoms with Crippen molar-refractivity contribution in [1.82, 2.24) is 5.32 Å². The lowest BCUT2D eigenvalue weighted by Gasteiger charge is -2.30. The molecule has 0 saturated heterocycles. The van der Waals surface area contributed by atoms with Crippen LogP contribution in [-0.2, 0) is 10.3 Å². The molecule has 1 aromatic carbocycles. The van der Waals surface area contributed by atoms with E-state index in [2.05, 4.69) is 5.32 Å². The van der Waals surface area contributed by atoms with Crippen LogP contribution in [0.1, 0.15) is 32.8 Å². The van der Waals surface area contributed by atoms with Crippen molar-refractivity contribution in [3.63, 3.8) is 0 Å². The number of carboxylic acid groups (broad SMARTS) is 1. The van der Waals surface area contributed by atoms with E-state index in [-0.39, 0.29) is 11.8 Å². The first-order valence-electron chi connectivity index (χ1n) is 5.70. The third-order valence-corrected chi connectivity index (χ3v) is 3.02. The first kappa shape index (κ1) is 13.5. The van der Waals surface area contributed by atoms with Crippen LogP contribution in [0.5, 0.6) is 5.75 Å². The zero-order valence-electron chi connectivity index (χ0n) is 10.4. The Morgan fingerprint density at radius 2 is 1.94 bits per heavy atom. The molecular weight excluding hydrogens is 218 g/mol. The summed E-state index contributed by atoms with van der Waals surface area (Å²) < 4.78 is 0. The molecule has 0 saturated carbocycles. The van der Waals surface area contributed by atoms with Crippen molar-refractivity contribution >= 4 is 5.97 Å². The van der Waals surface area contributed by atoms with Gasteiger partial charge in [-0.15, -0.1) is 0 Å². The molecule has 0 aliphatic heterocycles. The Bertz CT molecular complexity index is 388. The van der Waals surface area contributed by atoms with Crippen LogP contribution in [-0.4, -0.2) is 22.2 Å². The highest BCUT2D eigenvalue weighted by molar-refractivity contribution is 5.80. The maximum absolute atomic E-state index is 11.4. The van der Waals surface area contributed by atoms with E-state index in [1.165, 1.54) is 12.1 Å². The van der Waals surface area contributed by atoms with Gasteiger partial charge in [0.25, 0.3) is 0 Å². The summed E-state index contributed by atoms with van der Waals surface area (Å²) in [6, 6.07) is 6.34. The van der Waals surface area contributed by atoms with Crippen LogP contribution < -0.4 is 5.32 Å². The van der Waals surface area contributed by atoms with Crippen LogP contribution in [0.3, 0.4) is 0 Å². The van der Waals surface area contributed by atoms with Gasteiger partial charge < -0.3 is 10.2 Å². The quantitative estimate of drug-likeness (QED) is 0.733. The summed E-state index contributed by atoms with van der Waals surface area (Å²) in [5.41, 5.74) is -0.508. The number of phenols is 1. The van der Waals surface area contributed by atoms with E-state index in [4.69, 9.17) is 0 Å². The number of carbonyl (C=O) groups is 1. The summed E-state index contributed by atoms with van der Waals surface area (Å²) in [4.78, 5) is 11.4. The predicted octanol–water partition coefficient (Wildman–Crippen LogP) is 2.08. The minimum absolute atomic E-state index is 0.102. The Balaban J connectivity index is 3.07. The molecule has 2 atom stereocenters. The average Bonchev–Trinajstić information content (AvgIpc) is 2.29. The molecule has 0 heterocycles. The first-order valence-corrected chi connectivity index (χ1v) is 5.70. The maximum Gasteiger partial charge on any atom is 0.328 e. The van der Waals surface area contributed by atoms with Crippen molar-refractivity contribution in [1.29, 1.82) is 0 Å². The zero-order chi connectivity index (χ0) is 13.1. The van der Waals surface area contributed by atoms with Gasteiger partial charge in [0.05, 0.1) is 0 Å². The number of aromatic hydroxyl groups is 1. The summed E-state index contributed by atoms with van der Waals surface area (Å²) in [5.74, 6) is -0.798. The SMILES string of the molecule is CCC(C)NC(C)(C(=O)O)c1ccc(O)cc1. The number of nitrogens with one attached hydrogen (secondary N) is 1. The normalized spacial score (nSPS) is 16.2. The monoisotopic (exact) mass is 237 g/mol. The van der Waals surface area contributed by atoms with Crippen LogP contribution in [0.2, 0.25) is 0 Å². The Morgan fingerprint density at radius 3 is 2.35 bits per heavy atom. The van der Waals surface area contributed by atoms with Gasteiger partial charge in [-0.3, -0.25) is 5.32 Å². The van der Waals surface area contributed by atoms with Crippen molar-refractivity contribution in [3.05, 3.63) is 29.8 Å². The molecule has 0 spiro atoms. The highest BCUT2D eigenvalue weighted by Crippen LogP contribution is 2.24. The van der Waals surface area contributed by atoms with Crippen LogP contribution in [0.25, 0.3) is 0 Å². The number of aliphatic carboxylic acids is 1. The van der Waals surface area contributed by atoms with Gasteiger partial charge in [-0.25, -0.2) is 4.79 Å². The predicted molar refractivity (Wildman–Crippen MR) is 66.0 cm³/mol. The van der Waals surface area contributed by atoms with Crippen LogP contribution >= 0.6 is 0 Å². The highest BCUT2D eigenvalue weighted by atomic mass is 16.4. The summed E-state index contributed by atoms with van der Waals surface area (Å²) in [7, 11) is 0. The number of rotatable bonds is 5. The van der Waals surface area contributed by atoms with E-state index in [0.717, 1.165) is 6.42 Å². The number of phenolic OH excluding ortho intramolecular Hbond substituents is 1. The number of carboxylic acids is 1. The molecule has 0 aliphatic carbocycles. The molecule has 17 heavy (non-hydrogen) atoms. The second-order valence-corrected chi connectivity index (χ2v) is 4.43. The van der Waals surface area contributed by atoms with E-state index >= 15 is 0 Å². The Kier molecular flexibility index (Phi) is 4.12. The molecule has 0 aliphatic rings. The topological polar surface area (TPSA) is 69.6 Å². The van der Waals surface area contributed by atoms with Gasteiger partial charge in [-0.2, -0.15) is 0 Å². The largest absolute Gasteiger partial charge is 0.508 e. The van der Waals surface area contributed by atoms with Gasteiger partial charge in [0.2, 0.25) is 0 Å². The smallest absolute Gasteiger partial charge is 0.328 e. The third-order valence-electron chi connectivity index (χ3n) is 3.02. The van der Waals surface area contributed by atoms with E-state index in [1.807, 2.05) is 13.8 Å². The van der Waals surface area contributed by atoms with Gasteiger partial charge in [-0.1, -0.05) is 19.1 Å². The molecule has 0 radical (unpaired) electrons. The van der Waals surface area contributed by atoms with Gasteiger partial charge in [-0.05, 0) is 38.0 Å². The maximum atomic E-state index is 11.4. The standard InChI is InChI=1S/C13H19NO3/c1-4-9(2)14-13(3,12(16)17)10-5-7-11(15)8-6-10/h5-9,14-15H,4H2,1-3H3,(H,16,17). The molecule has 4 nitrogen and oxygen atoms in total. The van der Waals surface area contributed by atoms with Crippen molar-refractivity contribution in [2.45, 2.75) is 38.8 Å². The van der Waals surface area contributed by atoms with Crippen molar-refractivity contribution in [3.8, 4) is 5.75 Å². The molecule has 0 fully saturated rings. The first-order chi connectivity index (χ1) is 7.90. The third kappa shape index (κ3) is 2.97. The molecule has 3 N–H and O–H groups in total. The molecule has 2 unspecified atom stereocenters. The Morgan fingerprint density at radius 1 is 1.41 bits per heavy atom. The van der Waals surface area contributed by atoms with Gasteiger partial charge >= 0.3 is 5.97 Å². The summed E-state index contributed by atoms with van der Waals surface area (Å²) in [6.45, 7) is 5.58. The minimum atomic E-state index is -1.14. The average molecular weight is 237 g/mol. The van der Waals surface area contributed by atoms with Crippen molar-refractivity contribution in [2.24, 2.45) is 0 Å². The van der Waals surface area contributed by atoms with Crippen LogP contribution in [0.15, 0.2) is 24.3 Å². The molecule has 0 amide bonds. The lowest BCUT2D eigenvalue weighted by Crippen LogP contribution is -2.50. The summed E-state index contributed by atoms with van der Waals surface area (Å²) >= 11 is 0. The van der Waals surface area contributed by atoms with E-state index < -0.39 is 11.5 Å². The fraction of sp³-hybridized carbons (Fsp3) is 0.462. The zero-order valence-corrected chi connectivity index (χ0v) is 10.4. The number of hydrogen-bond donors (Lipinski definition) is 3. The van der Waals surface area contributed by atoms with E-state index in [9.17, 15) is 15.0 Å². The molecule has 1 rings (SSSR count). The lowest BCUT2D eigenvalue weighted by molar-refractivity contribution is -0.145. The molecule has 4 heteroatoms. The number of hydrogen-bond acceptors (Lipinski definition) is 3. The molecule has 0 aromatic heterocycles. The minimum Gasteiger partial charge on any atom is -0.508 e. The van der Waals surface area contributed by atoms with Crippen molar-refractivity contribution < 1.29 is 15.0 Å². The molecule has 94 valence electrons. The second kappa shape index (κ2) is 5.19. The Hall–Kier alpha value is -1.55. The highest BCUT2D eigenvalue weighted by Gasteiger charge is 2.35. The van der Waals surface area contributed by atoms with E-state index in [1.54, 1.807) is 19.1 Å². The molecular formula is C13H19NO3. The summed E-state index contributed by atoms with van der Waals surface area (Å²) in [5, 5.41) is 21.7. The van der Waals surface area contributed by atoms with Crippen LogP contribution in [0.4, 0.5) is 0 Å². The molecule has 1 aromatic rings. The second-order valence-electron chi connectivity index (χ2n) is 4.43.